The van der Waals surface area contributed by atoms with Crippen LogP contribution in [0.2, 0.25) is 0 Å². The van der Waals surface area contributed by atoms with E-state index in [0.29, 0.717) is 17.2 Å². The molecule has 148 valence electrons. The first-order valence-electron chi connectivity index (χ1n) is 8.58. The van der Waals surface area contributed by atoms with Crippen molar-refractivity contribution in [3.05, 3.63) is 41.6 Å². The van der Waals surface area contributed by atoms with Gasteiger partial charge in [-0.15, -0.1) is 5.10 Å². The van der Waals surface area contributed by atoms with E-state index >= 15 is 0 Å². The summed E-state index contributed by atoms with van der Waals surface area (Å²) in [6.07, 6.45) is 1.14. The van der Waals surface area contributed by atoms with Crippen molar-refractivity contribution >= 4 is 32.5 Å². The molecule has 0 unspecified atom stereocenters. The highest BCUT2D eigenvalue weighted by molar-refractivity contribution is 7.90. The van der Waals surface area contributed by atoms with Crippen LogP contribution in [0.15, 0.2) is 35.2 Å². The number of amides is 1. The number of likely N-dealkylation sites (N-methyl/N-ethyl adjacent to an activating group) is 1. The Bertz CT molecular complexity index is 1150. The van der Waals surface area contributed by atoms with Crippen molar-refractivity contribution < 1.29 is 17.9 Å². The monoisotopic (exact) mass is 402 g/mol. The van der Waals surface area contributed by atoms with E-state index in [1.54, 1.807) is 30.9 Å². The number of rotatable bonds is 5. The van der Waals surface area contributed by atoms with Crippen LogP contribution in [0.4, 0.5) is 5.69 Å². The molecule has 0 spiro atoms. The molecule has 0 fully saturated rings. The van der Waals surface area contributed by atoms with Crippen molar-refractivity contribution in [3.8, 4) is 5.88 Å². The summed E-state index contributed by atoms with van der Waals surface area (Å²) >= 11 is 0. The van der Waals surface area contributed by atoms with E-state index in [2.05, 4.69) is 10.1 Å². The molecule has 2 aromatic heterocycles. The van der Waals surface area contributed by atoms with Crippen LogP contribution in [-0.4, -0.2) is 49.0 Å². The third kappa shape index (κ3) is 3.84. The van der Waals surface area contributed by atoms with E-state index in [1.807, 2.05) is 19.9 Å². The summed E-state index contributed by atoms with van der Waals surface area (Å²) in [5.41, 5.74) is 3.13. The summed E-state index contributed by atoms with van der Waals surface area (Å²) in [5.74, 6) is 0.0697. The van der Waals surface area contributed by atoms with Crippen LogP contribution in [0.25, 0.3) is 11.0 Å². The smallest absolute Gasteiger partial charge is 0.264 e. The Kier molecular flexibility index (Phi) is 5.12. The lowest BCUT2D eigenvalue weighted by Gasteiger charge is -2.17. The zero-order valence-electron chi connectivity index (χ0n) is 16.4. The standard InChI is InChI=1S/C19H22N4O4S/c1-12-10-13(2)20-18-17(12)19(21-23(18)4)27-11-16(24)22(3)14-6-8-15(9-7-14)28(5,25)26/h6-10H,11H2,1-5H3. The third-order valence-corrected chi connectivity index (χ3v) is 5.57. The number of carbonyl (C=O) groups excluding carboxylic acids is 1. The molecular weight excluding hydrogens is 380 g/mol. The molecule has 0 aliphatic rings. The number of pyridine rings is 1. The van der Waals surface area contributed by atoms with Crippen LogP contribution >= 0.6 is 0 Å². The fraction of sp³-hybridized carbons (Fsp3) is 0.316. The normalized spacial score (nSPS) is 11.6. The first-order valence-corrected chi connectivity index (χ1v) is 10.5. The quantitative estimate of drug-likeness (QED) is 0.648. The number of anilines is 1. The van der Waals surface area contributed by atoms with E-state index in [-0.39, 0.29) is 17.4 Å². The molecule has 0 bridgehead atoms. The Hall–Kier alpha value is -2.94. The van der Waals surface area contributed by atoms with E-state index in [0.717, 1.165) is 22.9 Å². The Morgan fingerprint density at radius 1 is 1.21 bits per heavy atom. The Labute approximate surface area is 163 Å². The van der Waals surface area contributed by atoms with Crippen molar-refractivity contribution in [2.45, 2.75) is 18.7 Å². The molecule has 0 N–H and O–H groups in total. The number of hydrogen-bond donors (Lipinski definition) is 0. The van der Waals surface area contributed by atoms with E-state index < -0.39 is 9.84 Å². The van der Waals surface area contributed by atoms with Gasteiger partial charge in [-0.2, -0.15) is 0 Å². The second-order valence-electron chi connectivity index (χ2n) is 6.72. The minimum Gasteiger partial charge on any atom is -0.466 e. The number of aryl methyl sites for hydroxylation is 3. The molecule has 1 amide bonds. The van der Waals surface area contributed by atoms with Crippen LogP contribution in [0.1, 0.15) is 11.3 Å². The van der Waals surface area contributed by atoms with Gasteiger partial charge in [0.2, 0.25) is 5.88 Å². The number of fused-ring (bicyclic) bond motifs is 1. The highest BCUT2D eigenvalue weighted by atomic mass is 32.2. The number of hydrogen-bond acceptors (Lipinski definition) is 6. The van der Waals surface area contributed by atoms with Crippen molar-refractivity contribution in [2.75, 3.05) is 24.8 Å². The zero-order valence-corrected chi connectivity index (χ0v) is 17.2. The molecular formula is C19H22N4O4S. The molecule has 0 radical (unpaired) electrons. The number of nitrogens with zero attached hydrogens (tertiary/aromatic N) is 4. The van der Waals surface area contributed by atoms with Crippen LogP contribution < -0.4 is 9.64 Å². The molecule has 0 saturated heterocycles. The second-order valence-corrected chi connectivity index (χ2v) is 8.73. The molecule has 0 atom stereocenters. The predicted octanol–water partition coefficient (Wildman–Crippen LogP) is 2.03. The van der Waals surface area contributed by atoms with Crippen molar-refractivity contribution in [2.24, 2.45) is 7.05 Å². The minimum atomic E-state index is -3.28. The molecule has 1 aromatic carbocycles. The lowest BCUT2D eigenvalue weighted by Crippen LogP contribution is -2.31. The van der Waals surface area contributed by atoms with Gasteiger partial charge in [0.25, 0.3) is 5.91 Å². The summed E-state index contributed by atoms with van der Waals surface area (Å²) in [7, 11) is 0.0990. The number of benzene rings is 1. The highest BCUT2D eigenvalue weighted by Gasteiger charge is 2.18. The maximum absolute atomic E-state index is 12.5. The summed E-state index contributed by atoms with van der Waals surface area (Å²) in [6.45, 7) is 3.65. The summed E-state index contributed by atoms with van der Waals surface area (Å²) in [6, 6.07) is 8.05. The lowest BCUT2D eigenvalue weighted by molar-refractivity contribution is -0.120. The first-order chi connectivity index (χ1) is 13.1. The van der Waals surface area contributed by atoms with Crippen molar-refractivity contribution in [1.29, 1.82) is 0 Å². The average molecular weight is 402 g/mol. The first kappa shape index (κ1) is 19.8. The largest absolute Gasteiger partial charge is 0.466 e. The predicted molar refractivity (Wildman–Crippen MR) is 106 cm³/mol. The summed E-state index contributed by atoms with van der Waals surface area (Å²) in [5, 5.41) is 5.11. The van der Waals surface area contributed by atoms with Crippen molar-refractivity contribution in [3.63, 3.8) is 0 Å². The number of aromatic nitrogens is 3. The molecule has 2 heterocycles. The molecule has 3 aromatic rings. The van der Waals surface area contributed by atoms with Gasteiger partial charge >= 0.3 is 0 Å². The van der Waals surface area contributed by atoms with Crippen LogP contribution in [0.5, 0.6) is 5.88 Å². The Morgan fingerprint density at radius 2 is 1.86 bits per heavy atom. The van der Waals surface area contributed by atoms with Crippen molar-refractivity contribution in [1.82, 2.24) is 14.8 Å². The zero-order chi connectivity index (χ0) is 20.6. The Balaban J connectivity index is 1.76. The number of ether oxygens (including phenoxy) is 1. The number of sulfone groups is 1. The molecule has 9 heteroatoms. The van der Waals surface area contributed by atoms with E-state index in [4.69, 9.17) is 4.74 Å². The third-order valence-electron chi connectivity index (χ3n) is 4.45. The summed E-state index contributed by atoms with van der Waals surface area (Å²) < 4.78 is 30.4. The molecule has 8 nitrogen and oxygen atoms in total. The highest BCUT2D eigenvalue weighted by Crippen LogP contribution is 2.27. The van der Waals surface area contributed by atoms with Gasteiger partial charge in [-0.1, -0.05) is 0 Å². The second kappa shape index (κ2) is 7.23. The number of carbonyl (C=O) groups is 1. The van der Waals surface area contributed by atoms with Gasteiger partial charge in [0.05, 0.1) is 10.3 Å². The molecule has 3 rings (SSSR count). The minimum absolute atomic E-state index is 0.201. The average Bonchev–Trinajstić information content (AvgIpc) is 2.94. The van der Waals surface area contributed by atoms with E-state index in [1.165, 1.54) is 17.0 Å². The van der Waals surface area contributed by atoms with E-state index in [9.17, 15) is 13.2 Å². The Morgan fingerprint density at radius 3 is 2.46 bits per heavy atom. The SMILES string of the molecule is Cc1cc(C)c2c(OCC(=O)N(C)c3ccc(S(C)(=O)=O)cc3)nn(C)c2n1. The topological polar surface area (TPSA) is 94.4 Å². The summed E-state index contributed by atoms with van der Waals surface area (Å²) in [4.78, 5) is 18.6. The maximum atomic E-state index is 12.5. The van der Waals surface area contributed by atoms with Crippen LogP contribution in [0.3, 0.4) is 0 Å². The van der Waals surface area contributed by atoms with Gasteiger partial charge in [0, 0.05) is 31.7 Å². The maximum Gasteiger partial charge on any atom is 0.264 e. The van der Waals surface area contributed by atoms with Gasteiger partial charge in [0.15, 0.2) is 22.1 Å². The van der Waals surface area contributed by atoms with Gasteiger partial charge < -0.3 is 9.64 Å². The van der Waals surface area contributed by atoms with Gasteiger partial charge in [-0.25, -0.2) is 18.1 Å². The fourth-order valence-corrected chi connectivity index (χ4v) is 3.57. The van der Waals surface area contributed by atoms with Gasteiger partial charge in [0.1, 0.15) is 0 Å². The van der Waals surface area contributed by atoms with Gasteiger partial charge in [-0.05, 0) is 49.7 Å². The molecule has 0 saturated carbocycles. The van der Waals surface area contributed by atoms with Crippen LogP contribution in [0, 0.1) is 13.8 Å². The lowest BCUT2D eigenvalue weighted by atomic mass is 10.2. The molecule has 28 heavy (non-hydrogen) atoms. The van der Waals surface area contributed by atoms with Crippen LogP contribution in [-0.2, 0) is 21.7 Å². The molecule has 0 aliphatic heterocycles. The molecule has 0 aliphatic carbocycles. The van der Waals surface area contributed by atoms with Gasteiger partial charge in [-0.3, -0.25) is 4.79 Å². The fourth-order valence-electron chi connectivity index (χ4n) is 2.94.